The lowest BCUT2D eigenvalue weighted by Gasteiger charge is -2.34. The first-order chi connectivity index (χ1) is 12.5. The van der Waals surface area contributed by atoms with Gasteiger partial charge in [-0.15, -0.1) is 0 Å². The van der Waals surface area contributed by atoms with Gasteiger partial charge in [-0.3, -0.25) is 14.6 Å². The zero-order valence-electron chi connectivity index (χ0n) is 14.8. The van der Waals surface area contributed by atoms with Gasteiger partial charge in [0.15, 0.2) is 0 Å². The highest BCUT2D eigenvalue weighted by molar-refractivity contribution is 5.92. The maximum Gasteiger partial charge on any atom is 0.238 e. The maximum atomic E-state index is 13.2. The van der Waals surface area contributed by atoms with Gasteiger partial charge in [-0.05, 0) is 24.6 Å². The number of hydrogen-bond donors (Lipinski definition) is 1. The molecule has 1 amide bonds. The first-order valence-corrected chi connectivity index (χ1v) is 8.74. The molecule has 2 aromatic rings. The summed E-state index contributed by atoms with van der Waals surface area (Å²) in [5.41, 5.74) is 2.70. The Bertz CT molecular complexity index is 753. The summed E-state index contributed by atoms with van der Waals surface area (Å²) in [5.74, 6) is -1.67. The van der Waals surface area contributed by atoms with Gasteiger partial charge in [-0.25, -0.2) is 8.78 Å². The second-order valence-electron chi connectivity index (χ2n) is 6.75. The molecule has 6 heteroatoms. The lowest BCUT2D eigenvalue weighted by atomic mass is 10.1. The fraction of sp³-hybridized carbons (Fsp3) is 0.350. The maximum absolute atomic E-state index is 13.2. The molecule has 0 radical (unpaired) electrons. The van der Waals surface area contributed by atoms with Crippen LogP contribution in [0.3, 0.4) is 0 Å². The highest BCUT2D eigenvalue weighted by atomic mass is 19.1. The first kappa shape index (κ1) is 18.5. The standard InChI is InChI=1S/C20H23F2N3O/c1-15-3-2-4-16(9-15)13-24-5-7-25(8-6-24)14-20(26)23-19-11-17(21)10-18(22)12-19/h2-4,9-12H,5-8,13-14H2,1H3,(H,23,26). The SMILES string of the molecule is Cc1cccc(CN2CCN(CC(=O)Nc3cc(F)cc(F)c3)CC2)c1. The predicted molar refractivity (Wildman–Crippen MR) is 97.9 cm³/mol. The summed E-state index contributed by atoms with van der Waals surface area (Å²) in [7, 11) is 0. The quantitative estimate of drug-likeness (QED) is 0.891. The summed E-state index contributed by atoms with van der Waals surface area (Å²) >= 11 is 0. The van der Waals surface area contributed by atoms with Crippen molar-refractivity contribution in [2.45, 2.75) is 13.5 Å². The van der Waals surface area contributed by atoms with Gasteiger partial charge in [0.05, 0.1) is 6.54 Å². The van der Waals surface area contributed by atoms with Crippen molar-refractivity contribution >= 4 is 11.6 Å². The molecule has 138 valence electrons. The number of amides is 1. The van der Waals surface area contributed by atoms with Crippen LogP contribution in [0.1, 0.15) is 11.1 Å². The Morgan fingerprint density at radius 2 is 1.65 bits per heavy atom. The van der Waals surface area contributed by atoms with E-state index in [2.05, 4.69) is 46.3 Å². The molecule has 0 atom stereocenters. The van der Waals surface area contributed by atoms with Crippen LogP contribution in [0.25, 0.3) is 0 Å². The molecule has 0 aromatic heterocycles. The van der Waals surface area contributed by atoms with Gasteiger partial charge in [0.1, 0.15) is 11.6 Å². The van der Waals surface area contributed by atoms with Crippen molar-refractivity contribution < 1.29 is 13.6 Å². The molecular weight excluding hydrogens is 336 g/mol. The molecule has 1 heterocycles. The van der Waals surface area contributed by atoms with Crippen LogP contribution in [-0.2, 0) is 11.3 Å². The van der Waals surface area contributed by atoms with Crippen LogP contribution in [0.5, 0.6) is 0 Å². The smallest absolute Gasteiger partial charge is 0.238 e. The molecule has 1 saturated heterocycles. The van der Waals surface area contributed by atoms with Crippen LogP contribution >= 0.6 is 0 Å². The molecule has 0 spiro atoms. The van der Waals surface area contributed by atoms with Crippen LogP contribution < -0.4 is 5.32 Å². The molecule has 1 aliphatic rings. The molecule has 0 unspecified atom stereocenters. The van der Waals surface area contributed by atoms with Gasteiger partial charge < -0.3 is 5.32 Å². The van der Waals surface area contributed by atoms with Crippen LogP contribution in [0.2, 0.25) is 0 Å². The van der Waals surface area contributed by atoms with Crippen molar-refractivity contribution in [1.82, 2.24) is 9.80 Å². The summed E-state index contributed by atoms with van der Waals surface area (Å²) in [6.45, 7) is 6.56. The third kappa shape index (κ3) is 5.34. The lowest BCUT2D eigenvalue weighted by Crippen LogP contribution is -2.48. The first-order valence-electron chi connectivity index (χ1n) is 8.74. The monoisotopic (exact) mass is 359 g/mol. The van der Waals surface area contributed by atoms with E-state index in [9.17, 15) is 13.6 Å². The molecule has 1 N–H and O–H groups in total. The minimum absolute atomic E-state index is 0.144. The van der Waals surface area contributed by atoms with Crippen LogP contribution in [0.15, 0.2) is 42.5 Å². The molecule has 2 aromatic carbocycles. The number of piperazine rings is 1. The second-order valence-corrected chi connectivity index (χ2v) is 6.75. The number of nitrogens with zero attached hydrogens (tertiary/aromatic N) is 2. The molecule has 26 heavy (non-hydrogen) atoms. The molecule has 4 nitrogen and oxygen atoms in total. The number of carbonyl (C=O) groups is 1. The number of nitrogens with one attached hydrogen (secondary N) is 1. The van der Waals surface area contributed by atoms with Crippen molar-refractivity contribution in [3.05, 3.63) is 65.2 Å². The van der Waals surface area contributed by atoms with Gasteiger partial charge in [0, 0.05) is 44.5 Å². The Balaban J connectivity index is 1.45. The van der Waals surface area contributed by atoms with E-state index < -0.39 is 11.6 Å². The number of benzene rings is 2. The summed E-state index contributed by atoms with van der Waals surface area (Å²) in [6, 6.07) is 11.5. The van der Waals surface area contributed by atoms with E-state index >= 15 is 0 Å². The van der Waals surface area contributed by atoms with E-state index in [0.29, 0.717) is 0 Å². The van der Waals surface area contributed by atoms with Crippen LogP contribution in [0, 0.1) is 18.6 Å². The largest absolute Gasteiger partial charge is 0.325 e. The molecule has 1 aliphatic heterocycles. The number of hydrogen-bond acceptors (Lipinski definition) is 3. The molecule has 0 bridgehead atoms. The Kier molecular flexibility index (Phi) is 5.96. The van der Waals surface area contributed by atoms with Gasteiger partial charge in [0.2, 0.25) is 5.91 Å². The topological polar surface area (TPSA) is 35.6 Å². The summed E-state index contributed by atoms with van der Waals surface area (Å²) in [6.07, 6.45) is 0. The number of rotatable bonds is 5. The van der Waals surface area contributed by atoms with E-state index in [1.54, 1.807) is 0 Å². The molecule has 3 rings (SSSR count). The van der Waals surface area contributed by atoms with Crippen LogP contribution in [-0.4, -0.2) is 48.4 Å². The zero-order valence-corrected chi connectivity index (χ0v) is 14.8. The minimum Gasteiger partial charge on any atom is -0.325 e. The molecule has 0 aliphatic carbocycles. The summed E-state index contributed by atoms with van der Waals surface area (Å²) in [4.78, 5) is 16.5. The lowest BCUT2D eigenvalue weighted by molar-refractivity contribution is -0.117. The van der Waals surface area contributed by atoms with Crippen molar-refractivity contribution in [1.29, 1.82) is 0 Å². The van der Waals surface area contributed by atoms with Gasteiger partial charge in [0.25, 0.3) is 0 Å². The normalized spacial score (nSPS) is 15.8. The second kappa shape index (κ2) is 8.38. The minimum atomic E-state index is -0.704. The van der Waals surface area contributed by atoms with Crippen molar-refractivity contribution in [3.63, 3.8) is 0 Å². The third-order valence-corrected chi connectivity index (χ3v) is 4.47. The van der Waals surface area contributed by atoms with E-state index in [1.165, 1.54) is 11.1 Å². The van der Waals surface area contributed by atoms with Crippen molar-refractivity contribution in [2.24, 2.45) is 0 Å². The average molecular weight is 359 g/mol. The molecular formula is C20H23F2N3O. The van der Waals surface area contributed by atoms with Crippen LogP contribution in [0.4, 0.5) is 14.5 Å². The molecule has 0 saturated carbocycles. The van der Waals surface area contributed by atoms with Gasteiger partial charge in [-0.2, -0.15) is 0 Å². The highest BCUT2D eigenvalue weighted by Gasteiger charge is 2.19. The Labute approximate surface area is 152 Å². The number of anilines is 1. The third-order valence-electron chi connectivity index (χ3n) is 4.47. The predicted octanol–water partition coefficient (Wildman–Crippen LogP) is 3.03. The van der Waals surface area contributed by atoms with E-state index in [0.717, 1.165) is 50.9 Å². The zero-order chi connectivity index (χ0) is 18.5. The van der Waals surface area contributed by atoms with E-state index in [1.807, 2.05) is 0 Å². The fourth-order valence-corrected chi connectivity index (χ4v) is 3.20. The van der Waals surface area contributed by atoms with Crippen molar-refractivity contribution in [2.75, 3.05) is 38.0 Å². The highest BCUT2D eigenvalue weighted by Crippen LogP contribution is 2.14. The number of carbonyl (C=O) groups excluding carboxylic acids is 1. The summed E-state index contributed by atoms with van der Waals surface area (Å²) in [5, 5.41) is 2.55. The Morgan fingerprint density at radius 3 is 2.31 bits per heavy atom. The Hall–Kier alpha value is -2.31. The van der Waals surface area contributed by atoms with E-state index in [-0.39, 0.29) is 18.1 Å². The average Bonchev–Trinajstić information content (AvgIpc) is 2.55. The summed E-state index contributed by atoms with van der Waals surface area (Å²) < 4.78 is 26.4. The van der Waals surface area contributed by atoms with Crippen molar-refractivity contribution in [3.8, 4) is 0 Å². The number of halogens is 2. The van der Waals surface area contributed by atoms with Gasteiger partial charge >= 0.3 is 0 Å². The fourth-order valence-electron chi connectivity index (χ4n) is 3.20. The Morgan fingerprint density at radius 1 is 1.00 bits per heavy atom. The van der Waals surface area contributed by atoms with Gasteiger partial charge in [-0.1, -0.05) is 29.8 Å². The number of aryl methyl sites for hydroxylation is 1. The molecule has 1 fully saturated rings. The van der Waals surface area contributed by atoms with E-state index in [4.69, 9.17) is 0 Å².